The first-order valence-electron chi connectivity index (χ1n) is 18.7. The summed E-state index contributed by atoms with van der Waals surface area (Å²) in [4.78, 5) is 2.42. The monoisotopic (exact) mass is 719 g/mol. The fourth-order valence-electron chi connectivity index (χ4n) is 8.29. The van der Waals surface area contributed by atoms with Crippen molar-refractivity contribution in [2.24, 2.45) is 0 Å². The van der Waals surface area contributed by atoms with E-state index in [1.54, 1.807) is 0 Å². The molecule has 0 spiro atoms. The molecule has 3 heteroatoms. The molecule has 0 aliphatic heterocycles. The van der Waals surface area contributed by atoms with Crippen molar-refractivity contribution in [3.8, 4) is 33.4 Å². The zero-order valence-electron chi connectivity index (χ0n) is 29.8. The highest BCUT2D eigenvalue weighted by atomic mass is 32.1. The van der Waals surface area contributed by atoms with Crippen molar-refractivity contribution in [2.75, 3.05) is 4.90 Å². The zero-order valence-corrected chi connectivity index (χ0v) is 30.6. The fourth-order valence-corrected chi connectivity index (χ4v) is 9.49. The minimum Gasteiger partial charge on any atom is -0.456 e. The molecule has 0 bridgehead atoms. The number of para-hydroxylation sites is 1. The highest BCUT2D eigenvalue weighted by molar-refractivity contribution is 7.26. The Hall–Kier alpha value is -6.94. The van der Waals surface area contributed by atoms with Gasteiger partial charge in [0.1, 0.15) is 11.2 Å². The first-order valence-corrected chi connectivity index (χ1v) is 19.5. The molecule has 0 atom stereocenters. The van der Waals surface area contributed by atoms with Crippen LogP contribution in [0.5, 0.6) is 0 Å². The molecular weight excluding hydrogens is 687 g/mol. The van der Waals surface area contributed by atoms with Crippen LogP contribution < -0.4 is 4.90 Å². The molecule has 0 unspecified atom stereocenters. The van der Waals surface area contributed by atoms with Crippen LogP contribution in [0.25, 0.3) is 86.3 Å². The van der Waals surface area contributed by atoms with E-state index in [0.29, 0.717) is 0 Å². The summed E-state index contributed by atoms with van der Waals surface area (Å²) in [5, 5.41) is 7.37. The van der Waals surface area contributed by atoms with Crippen molar-refractivity contribution >= 4 is 81.3 Å². The molecule has 0 saturated carbocycles. The second-order valence-corrected chi connectivity index (χ2v) is 15.1. The normalized spacial score (nSPS) is 11.6. The number of furan rings is 1. The predicted molar refractivity (Wildman–Crippen MR) is 235 cm³/mol. The van der Waals surface area contributed by atoms with Gasteiger partial charge in [0.2, 0.25) is 0 Å². The van der Waals surface area contributed by atoms with Crippen LogP contribution in [-0.4, -0.2) is 0 Å². The molecule has 2 aromatic heterocycles. The molecule has 0 N–H and O–H groups in total. The lowest BCUT2D eigenvalue weighted by atomic mass is 9.96. The molecule has 0 saturated heterocycles. The number of hydrogen-bond donors (Lipinski definition) is 0. The third-order valence-electron chi connectivity index (χ3n) is 10.9. The standard InChI is InChI=1S/C52H33NOS/c1-2-15-41-36(11-1)12-8-18-42(41)37-27-25-34(26-28-37)35-29-31-39(32-30-35)53(47-21-9-20-45-44-16-4-6-24-50(44)55-52(45)47)40-14-7-13-38(33-40)43-19-10-23-49-51(43)46-17-3-5-22-48(46)54-49/h1-33H. The van der Waals surface area contributed by atoms with Crippen LogP contribution in [0.4, 0.5) is 17.1 Å². The van der Waals surface area contributed by atoms with Crippen LogP contribution in [0.3, 0.4) is 0 Å². The first-order chi connectivity index (χ1) is 27.3. The maximum absolute atomic E-state index is 6.29. The predicted octanol–water partition coefficient (Wildman–Crippen LogP) is 15.6. The van der Waals surface area contributed by atoms with Gasteiger partial charge in [-0.05, 0) is 92.7 Å². The highest BCUT2D eigenvalue weighted by Crippen LogP contribution is 2.46. The van der Waals surface area contributed by atoms with E-state index < -0.39 is 0 Å². The van der Waals surface area contributed by atoms with Gasteiger partial charge in [-0.15, -0.1) is 11.3 Å². The van der Waals surface area contributed by atoms with Crippen molar-refractivity contribution in [1.29, 1.82) is 0 Å². The Morgan fingerprint density at radius 3 is 1.87 bits per heavy atom. The van der Waals surface area contributed by atoms with Gasteiger partial charge in [0.25, 0.3) is 0 Å². The molecule has 11 aromatic rings. The number of thiophene rings is 1. The minimum absolute atomic E-state index is 0.900. The summed E-state index contributed by atoms with van der Waals surface area (Å²) >= 11 is 1.86. The molecule has 258 valence electrons. The largest absolute Gasteiger partial charge is 0.456 e. The SMILES string of the molecule is c1cc(-c2cccc3oc4ccccc4c23)cc(N(c2ccc(-c3ccc(-c4cccc5ccccc45)cc3)cc2)c2cccc3c2sc2ccccc23)c1. The fraction of sp³-hybridized carbons (Fsp3) is 0. The molecule has 9 aromatic carbocycles. The molecule has 11 rings (SSSR count). The molecule has 0 aliphatic carbocycles. The van der Waals surface area contributed by atoms with Crippen LogP contribution >= 0.6 is 11.3 Å². The second kappa shape index (κ2) is 12.9. The Morgan fingerprint density at radius 1 is 0.382 bits per heavy atom. The maximum atomic E-state index is 6.29. The lowest BCUT2D eigenvalue weighted by Gasteiger charge is -2.27. The summed E-state index contributed by atoms with van der Waals surface area (Å²) in [6.45, 7) is 0. The third-order valence-corrected chi connectivity index (χ3v) is 12.1. The lowest BCUT2D eigenvalue weighted by molar-refractivity contribution is 0.669. The van der Waals surface area contributed by atoms with E-state index in [2.05, 4.69) is 193 Å². The molecule has 0 fully saturated rings. The number of hydrogen-bond acceptors (Lipinski definition) is 3. The van der Waals surface area contributed by atoms with Crippen molar-refractivity contribution < 1.29 is 4.42 Å². The number of fused-ring (bicyclic) bond motifs is 7. The summed E-state index contributed by atoms with van der Waals surface area (Å²) in [5.41, 5.74) is 12.3. The highest BCUT2D eigenvalue weighted by Gasteiger charge is 2.20. The van der Waals surface area contributed by atoms with Gasteiger partial charge in [-0.3, -0.25) is 0 Å². The first kappa shape index (κ1) is 31.6. The average Bonchev–Trinajstić information content (AvgIpc) is 3.83. The van der Waals surface area contributed by atoms with E-state index in [-0.39, 0.29) is 0 Å². The van der Waals surface area contributed by atoms with Gasteiger partial charge in [-0.25, -0.2) is 0 Å². The van der Waals surface area contributed by atoms with E-state index in [0.717, 1.165) is 50.1 Å². The smallest absolute Gasteiger partial charge is 0.136 e. The summed E-state index contributed by atoms with van der Waals surface area (Å²) in [5.74, 6) is 0. The van der Waals surface area contributed by atoms with Gasteiger partial charge in [-0.2, -0.15) is 0 Å². The van der Waals surface area contributed by atoms with E-state index in [9.17, 15) is 0 Å². The maximum Gasteiger partial charge on any atom is 0.136 e. The Morgan fingerprint density at radius 2 is 1.00 bits per heavy atom. The van der Waals surface area contributed by atoms with Crippen LogP contribution in [-0.2, 0) is 0 Å². The van der Waals surface area contributed by atoms with Crippen LogP contribution in [0.15, 0.2) is 205 Å². The van der Waals surface area contributed by atoms with E-state index in [4.69, 9.17) is 4.42 Å². The van der Waals surface area contributed by atoms with Gasteiger partial charge in [-0.1, -0.05) is 152 Å². The Labute approximate surface area is 322 Å². The van der Waals surface area contributed by atoms with Gasteiger partial charge in [0.05, 0.1) is 10.4 Å². The Balaban J connectivity index is 1.03. The van der Waals surface area contributed by atoms with Crippen molar-refractivity contribution in [3.05, 3.63) is 200 Å². The van der Waals surface area contributed by atoms with Crippen LogP contribution in [0, 0.1) is 0 Å². The average molecular weight is 720 g/mol. The molecule has 2 heterocycles. The van der Waals surface area contributed by atoms with Gasteiger partial charge >= 0.3 is 0 Å². The zero-order chi connectivity index (χ0) is 36.3. The van der Waals surface area contributed by atoms with Crippen molar-refractivity contribution in [1.82, 2.24) is 0 Å². The summed E-state index contributed by atoms with van der Waals surface area (Å²) in [6, 6.07) is 72.2. The molecular formula is C52H33NOS. The molecule has 0 amide bonds. The number of rotatable bonds is 6. The van der Waals surface area contributed by atoms with Crippen LogP contribution in [0.2, 0.25) is 0 Å². The van der Waals surface area contributed by atoms with Crippen molar-refractivity contribution in [3.63, 3.8) is 0 Å². The quantitative estimate of drug-likeness (QED) is 0.170. The lowest BCUT2D eigenvalue weighted by Crippen LogP contribution is -2.10. The molecule has 55 heavy (non-hydrogen) atoms. The van der Waals surface area contributed by atoms with Crippen molar-refractivity contribution in [2.45, 2.75) is 0 Å². The number of benzene rings is 9. The summed E-state index contributed by atoms with van der Waals surface area (Å²) < 4.78 is 8.85. The number of anilines is 3. The summed E-state index contributed by atoms with van der Waals surface area (Å²) in [6.07, 6.45) is 0. The van der Waals surface area contributed by atoms with Gasteiger partial charge in [0.15, 0.2) is 0 Å². The third kappa shape index (κ3) is 5.32. The van der Waals surface area contributed by atoms with Gasteiger partial charge in [0, 0.05) is 37.6 Å². The number of nitrogens with zero attached hydrogens (tertiary/aromatic N) is 1. The Bertz CT molecular complexity index is 3200. The molecule has 0 radical (unpaired) electrons. The summed E-state index contributed by atoms with van der Waals surface area (Å²) in [7, 11) is 0. The Kier molecular flexibility index (Phi) is 7.39. The van der Waals surface area contributed by atoms with Crippen LogP contribution in [0.1, 0.15) is 0 Å². The molecule has 2 nitrogen and oxygen atoms in total. The van der Waals surface area contributed by atoms with E-state index in [1.807, 2.05) is 23.5 Å². The van der Waals surface area contributed by atoms with Gasteiger partial charge < -0.3 is 9.32 Å². The van der Waals surface area contributed by atoms with E-state index in [1.165, 1.54) is 53.2 Å². The topological polar surface area (TPSA) is 16.4 Å². The molecule has 0 aliphatic rings. The van der Waals surface area contributed by atoms with E-state index >= 15 is 0 Å². The second-order valence-electron chi connectivity index (χ2n) is 14.1. The minimum atomic E-state index is 0.900.